The summed E-state index contributed by atoms with van der Waals surface area (Å²) < 4.78 is 22.0. The summed E-state index contributed by atoms with van der Waals surface area (Å²) in [6.07, 6.45) is 2.87. The van der Waals surface area contributed by atoms with E-state index in [1.165, 1.54) is 0 Å². The van der Waals surface area contributed by atoms with E-state index in [4.69, 9.17) is 18.1 Å². The zero-order valence-electron chi connectivity index (χ0n) is 16.8. The van der Waals surface area contributed by atoms with Gasteiger partial charge >= 0.3 is 9.05 Å². The molecule has 0 rings (SSSR count). The van der Waals surface area contributed by atoms with Crippen molar-refractivity contribution in [3.63, 3.8) is 0 Å². The molecule has 0 amide bonds. The summed E-state index contributed by atoms with van der Waals surface area (Å²) in [4.78, 5) is 0. The lowest BCUT2D eigenvalue weighted by Gasteiger charge is -2.18. The lowest BCUT2D eigenvalue weighted by Crippen LogP contribution is -2.45. The summed E-state index contributed by atoms with van der Waals surface area (Å²) >= 11 is 0. The molecule has 0 fully saturated rings. The Morgan fingerprint density at radius 3 is 0.880 bits per heavy atom. The van der Waals surface area contributed by atoms with Crippen molar-refractivity contribution < 1.29 is 18.1 Å². The van der Waals surface area contributed by atoms with Crippen LogP contribution in [-0.2, 0) is 18.1 Å². The minimum absolute atomic E-state index is 0.718. The van der Waals surface area contributed by atoms with Crippen LogP contribution < -0.4 is 0 Å². The van der Waals surface area contributed by atoms with Gasteiger partial charge in [-0.2, -0.15) is 0 Å². The van der Waals surface area contributed by atoms with Crippen LogP contribution in [0, 0.1) is 0 Å². The molecule has 0 bridgehead atoms. The van der Waals surface area contributed by atoms with Gasteiger partial charge in [-0.1, -0.05) is 27.7 Å². The van der Waals surface area contributed by atoms with E-state index in [-0.39, 0.29) is 0 Å². The highest BCUT2D eigenvalue weighted by Gasteiger charge is 2.63. The monoisotopic (exact) mass is 372 g/mol. The van der Waals surface area contributed by atoms with Crippen molar-refractivity contribution in [1.29, 1.82) is 0 Å². The third kappa shape index (κ3) is 9.85. The van der Waals surface area contributed by atoms with Crippen LogP contribution >= 0.6 is 0 Å². The lowest BCUT2D eigenvalue weighted by molar-refractivity contribution is -0.0319. The van der Waals surface area contributed by atoms with Gasteiger partial charge in [0.05, 0.1) is 22.8 Å². The molecule has 0 heterocycles. The van der Waals surface area contributed by atoms with Crippen molar-refractivity contribution in [2.75, 3.05) is 0 Å². The van der Waals surface area contributed by atoms with Crippen molar-refractivity contribution in [2.24, 2.45) is 20.6 Å². The van der Waals surface area contributed by atoms with Gasteiger partial charge in [-0.3, -0.25) is 0 Å². The predicted molar refractivity (Wildman–Crippen MR) is 104 cm³/mol. The van der Waals surface area contributed by atoms with E-state index in [0.717, 1.165) is 48.5 Å². The van der Waals surface area contributed by atoms with E-state index in [2.05, 4.69) is 20.6 Å². The first-order valence-corrected chi connectivity index (χ1v) is 10.3. The van der Waals surface area contributed by atoms with Crippen LogP contribution in [-0.4, -0.2) is 31.9 Å². The number of hydrogen-bond acceptors (Lipinski definition) is 8. The largest absolute Gasteiger partial charge is 1.05 e. The summed E-state index contributed by atoms with van der Waals surface area (Å²) in [5, 5.41) is 16.1. The maximum atomic E-state index is 5.51. The van der Waals surface area contributed by atoms with E-state index in [0.29, 0.717) is 0 Å². The Morgan fingerprint density at radius 2 is 0.720 bits per heavy atom. The first-order chi connectivity index (χ1) is 11.8. The SMILES string of the molecule is CC/C(C)=N\O[Si](O/N=C(/C)CC)(O/N=C(/C)CC)O/N=C(/C)CC. The normalized spacial score (nSPS) is 14.4. The smallest absolute Gasteiger partial charge is 0.340 e. The van der Waals surface area contributed by atoms with E-state index < -0.39 is 9.05 Å². The highest BCUT2D eigenvalue weighted by molar-refractivity contribution is 6.53. The van der Waals surface area contributed by atoms with Crippen LogP contribution in [0.5, 0.6) is 0 Å². The molecule has 0 N–H and O–H groups in total. The zero-order chi connectivity index (χ0) is 19.3. The molecular formula is C16H32N4O4Si. The van der Waals surface area contributed by atoms with Gasteiger partial charge in [-0.05, 0) is 53.4 Å². The van der Waals surface area contributed by atoms with E-state index >= 15 is 0 Å². The molecule has 0 aromatic carbocycles. The quantitative estimate of drug-likeness (QED) is 0.284. The molecule has 9 heteroatoms. The molecular weight excluding hydrogens is 340 g/mol. The zero-order valence-corrected chi connectivity index (χ0v) is 17.8. The average molecular weight is 373 g/mol. The van der Waals surface area contributed by atoms with Crippen molar-refractivity contribution >= 4 is 31.9 Å². The van der Waals surface area contributed by atoms with Gasteiger partial charge in [0.25, 0.3) is 0 Å². The highest BCUT2D eigenvalue weighted by atomic mass is 28.4. The fourth-order valence-corrected chi connectivity index (χ4v) is 2.16. The fourth-order valence-electron chi connectivity index (χ4n) is 0.893. The maximum Gasteiger partial charge on any atom is 1.05 e. The molecule has 0 radical (unpaired) electrons. The summed E-state index contributed by atoms with van der Waals surface area (Å²) in [7, 11) is -3.86. The molecule has 0 aromatic rings. The molecule has 0 unspecified atom stereocenters. The van der Waals surface area contributed by atoms with Crippen LogP contribution in [0.1, 0.15) is 81.1 Å². The Morgan fingerprint density at radius 1 is 0.520 bits per heavy atom. The molecule has 0 saturated heterocycles. The Bertz CT molecular complexity index is 425. The summed E-state index contributed by atoms with van der Waals surface area (Å²) in [6.45, 7) is 15.2. The number of rotatable bonds is 12. The predicted octanol–water partition coefficient (Wildman–Crippen LogP) is 4.63. The third-order valence-corrected chi connectivity index (χ3v) is 4.56. The minimum Gasteiger partial charge on any atom is -0.340 e. The standard InChI is InChI=1S/C16H32N4O4Si/c1-9-13(5)17-21-25(22-18-14(6)10-2,23-19-15(7)11-3)24-20-16(8)12-4/h9-12H2,1-8H3/b17-13-,18-14-,19-15-,20-16-. The van der Waals surface area contributed by atoms with Crippen LogP contribution in [0.15, 0.2) is 20.6 Å². The Labute approximate surface area is 152 Å². The van der Waals surface area contributed by atoms with Gasteiger partial charge in [-0.15, -0.1) is 20.6 Å². The Hall–Kier alpha value is -1.90. The van der Waals surface area contributed by atoms with Crippen LogP contribution in [0.4, 0.5) is 0 Å². The molecule has 0 aliphatic carbocycles. The van der Waals surface area contributed by atoms with Gasteiger partial charge in [0.1, 0.15) is 0 Å². The first-order valence-electron chi connectivity index (χ1n) is 8.68. The van der Waals surface area contributed by atoms with Crippen LogP contribution in [0.25, 0.3) is 0 Å². The van der Waals surface area contributed by atoms with Crippen LogP contribution in [0.3, 0.4) is 0 Å². The van der Waals surface area contributed by atoms with E-state index in [1.54, 1.807) is 0 Å². The Kier molecular flexibility index (Phi) is 11.5. The van der Waals surface area contributed by atoms with Gasteiger partial charge in [0.15, 0.2) is 0 Å². The lowest BCUT2D eigenvalue weighted by atomic mass is 10.3. The molecule has 8 nitrogen and oxygen atoms in total. The van der Waals surface area contributed by atoms with Crippen molar-refractivity contribution in [2.45, 2.75) is 81.1 Å². The molecule has 144 valence electrons. The molecule has 0 spiro atoms. The molecule has 0 atom stereocenters. The highest BCUT2D eigenvalue weighted by Crippen LogP contribution is 2.16. The van der Waals surface area contributed by atoms with Crippen molar-refractivity contribution in [3.8, 4) is 0 Å². The maximum absolute atomic E-state index is 5.51. The minimum atomic E-state index is -3.86. The summed E-state index contributed by atoms with van der Waals surface area (Å²) in [6, 6.07) is 0. The van der Waals surface area contributed by atoms with Gasteiger partial charge in [-0.25, -0.2) is 0 Å². The summed E-state index contributed by atoms with van der Waals surface area (Å²) in [5.41, 5.74) is 3.04. The molecule has 0 aromatic heterocycles. The Balaban J connectivity index is 5.71. The second-order valence-electron chi connectivity index (χ2n) is 5.59. The van der Waals surface area contributed by atoms with E-state index in [1.807, 2.05) is 55.4 Å². The molecule has 25 heavy (non-hydrogen) atoms. The first kappa shape index (κ1) is 23.1. The van der Waals surface area contributed by atoms with Crippen molar-refractivity contribution in [3.05, 3.63) is 0 Å². The van der Waals surface area contributed by atoms with Crippen molar-refractivity contribution in [1.82, 2.24) is 0 Å². The second-order valence-corrected chi connectivity index (χ2v) is 7.32. The molecule has 0 aliphatic rings. The third-order valence-electron chi connectivity index (χ3n) is 3.30. The van der Waals surface area contributed by atoms with Gasteiger partial charge in [0, 0.05) is 0 Å². The fraction of sp³-hybridized carbons (Fsp3) is 0.750. The summed E-state index contributed by atoms with van der Waals surface area (Å²) in [5.74, 6) is 0. The van der Waals surface area contributed by atoms with Gasteiger partial charge in [0.2, 0.25) is 0 Å². The van der Waals surface area contributed by atoms with E-state index in [9.17, 15) is 0 Å². The van der Waals surface area contributed by atoms with Gasteiger partial charge < -0.3 is 18.1 Å². The number of hydrogen-bond donors (Lipinski definition) is 0. The molecule has 0 aliphatic heterocycles. The number of oxime groups is 4. The average Bonchev–Trinajstić information content (AvgIpc) is 2.65. The van der Waals surface area contributed by atoms with Crippen LogP contribution in [0.2, 0.25) is 0 Å². The topological polar surface area (TPSA) is 86.4 Å². The second kappa shape index (κ2) is 12.5. The number of nitrogens with zero attached hydrogens (tertiary/aromatic N) is 4. The molecule has 0 saturated carbocycles.